The standard InChI is InChI=1S/C16H22N4O/c1-5-11(2)17-15-10-16(19-12(3)18-15)20-13-6-8-14(21-4)9-7-13/h6-11H,5H2,1-4H3,(H2,17,18,19,20). The van der Waals surface area contributed by atoms with Gasteiger partial charge in [0.1, 0.15) is 23.2 Å². The molecular weight excluding hydrogens is 264 g/mol. The van der Waals surface area contributed by atoms with Gasteiger partial charge < -0.3 is 15.4 Å². The summed E-state index contributed by atoms with van der Waals surface area (Å²) in [6, 6.07) is 10.0. The molecule has 1 unspecified atom stereocenters. The third-order valence-electron chi connectivity index (χ3n) is 3.21. The van der Waals surface area contributed by atoms with Crippen molar-refractivity contribution >= 4 is 17.3 Å². The fourth-order valence-electron chi connectivity index (χ4n) is 1.88. The van der Waals surface area contributed by atoms with Crippen molar-refractivity contribution in [3.8, 4) is 5.75 Å². The van der Waals surface area contributed by atoms with Crippen LogP contribution in [0.2, 0.25) is 0 Å². The van der Waals surface area contributed by atoms with E-state index in [0.29, 0.717) is 6.04 Å². The molecule has 1 heterocycles. The molecule has 1 atom stereocenters. The van der Waals surface area contributed by atoms with Gasteiger partial charge >= 0.3 is 0 Å². The van der Waals surface area contributed by atoms with E-state index in [1.165, 1.54) is 0 Å². The highest BCUT2D eigenvalue weighted by Gasteiger charge is 2.05. The number of anilines is 3. The van der Waals surface area contributed by atoms with Gasteiger partial charge in [-0.25, -0.2) is 9.97 Å². The smallest absolute Gasteiger partial charge is 0.136 e. The lowest BCUT2D eigenvalue weighted by Crippen LogP contribution is -2.15. The van der Waals surface area contributed by atoms with Crippen LogP contribution < -0.4 is 15.4 Å². The van der Waals surface area contributed by atoms with Crippen LogP contribution in [0, 0.1) is 6.92 Å². The van der Waals surface area contributed by atoms with E-state index < -0.39 is 0 Å². The molecule has 1 aromatic carbocycles. The van der Waals surface area contributed by atoms with E-state index in [2.05, 4.69) is 34.4 Å². The van der Waals surface area contributed by atoms with Crippen LogP contribution in [0.3, 0.4) is 0 Å². The summed E-state index contributed by atoms with van der Waals surface area (Å²) in [5.74, 6) is 3.18. The third kappa shape index (κ3) is 4.34. The van der Waals surface area contributed by atoms with Crippen LogP contribution in [-0.2, 0) is 0 Å². The second kappa shape index (κ2) is 6.92. The zero-order valence-corrected chi connectivity index (χ0v) is 13.0. The Morgan fingerprint density at radius 2 is 1.81 bits per heavy atom. The maximum absolute atomic E-state index is 5.15. The quantitative estimate of drug-likeness (QED) is 0.847. The van der Waals surface area contributed by atoms with Crippen LogP contribution >= 0.6 is 0 Å². The van der Waals surface area contributed by atoms with Gasteiger partial charge in [-0.05, 0) is 44.5 Å². The number of hydrogen-bond donors (Lipinski definition) is 2. The molecule has 5 nitrogen and oxygen atoms in total. The molecule has 0 saturated carbocycles. The minimum Gasteiger partial charge on any atom is -0.497 e. The SMILES string of the molecule is CCC(C)Nc1cc(Nc2ccc(OC)cc2)nc(C)n1. The molecule has 21 heavy (non-hydrogen) atoms. The normalized spacial score (nSPS) is 11.8. The summed E-state index contributed by atoms with van der Waals surface area (Å²) >= 11 is 0. The summed E-state index contributed by atoms with van der Waals surface area (Å²) < 4.78 is 5.15. The fourth-order valence-corrected chi connectivity index (χ4v) is 1.88. The number of nitrogens with one attached hydrogen (secondary N) is 2. The van der Waals surface area contributed by atoms with Crippen molar-refractivity contribution in [2.75, 3.05) is 17.7 Å². The monoisotopic (exact) mass is 286 g/mol. The highest BCUT2D eigenvalue weighted by Crippen LogP contribution is 2.20. The van der Waals surface area contributed by atoms with Gasteiger partial charge in [-0.1, -0.05) is 6.92 Å². The van der Waals surface area contributed by atoms with E-state index in [1.54, 1.807) is 7.11 Å². The van der Waals surface area contributed by atoms with E-state index in [4.69, 9.17) is 4.74 Å². The van der Waals surface area contributed by atoms with Crippen molar-refractivity contribution in [3.05, 3.63) is 36.2 Å². The molecule has 1 aromatic heterocycles. The Balaban J connectivity index is 2.14. The first-order valence-corrected chi connectivity index (χ1v) is 7.14. The number of aryl methyl sites for hydroxylation is 1. The van der Waals surface area contributed by atoms with Crippen molar-refractivity contribution in [1.29, 1.82) is 0 Å². The Labute approximate surface area is 125 Å². The third-order valence-corrected chi connectivity index (χ3v) is 3.21. The summed E-state index contributed by atoms with van der Waals surface area (Å²) in [4.78, 5) is 8.82. The summed E-state index contributed by atoms with van der Waals surface area (Å²) in [6.45, 7) is 6.16. The first-order valence-electron chi connectivity index (χ1n) is 7.14. The van der Waals surface area contributed by atoms with Gasteiger partial charge in [0.15, 0.2) is 0 Å². The second-order valence-corrected chi connectivity index (χ2v) is 4.99. The summed E-state index contributed by atoms with van der Waals surface area (Å²) in [6.07, 6.45) is 1.05. The molecule has 0 saturated heterocycles. The van der Waals surface area contributed by atoms with E-state index in [0.717, 1.165) is 35.3 Å². The van der Waals surface area contributed by atoms with Gasteiger partial charge in [0.25, 0.3) is 0 Å². The van der Waals surface area contributed by atoms with Crippen LogP contribution in [0.1, 0.15) is 26.1 Å². The Hall–Kier alpha value is -2.30. The molecule has 0 aliphatic rings. The molecule has 2 N–H and O–H groups in total. The van der Waals surface area contributed by atoms with Gasteiger partial charge in [0.2, 0.25) is 0 Å². The van der Waals surface area contributed by atoms with Crippen molar-refractivity contribution in [2.24, 2.45) is 0 Å². The summed E-state index contributed by atoms with van der Waals surface area (Å²) in [7, 11) is 1.66. The van der Waals surface area contributed by atoms with Crippen molar-refractivity contribution < 1.29 is 4.74 Å². The van der Waals surface area contributed by atoms with Crippen LogP contribution in [-0.4, -0.2) is 23.1 Å². The molecule has 0 aliphatic heterocycles. The van der Waals surface area contributed by atoms with Crippen LogP contribution in [0.4, 0.5) is 17.3 Å². The number of hydrogen-bond acceptors (Lipinski definition) is 5. The van der Waals surface area contributed by atoms with E-state index in [-0.39, 0.29) is 0 Å². The molecule has 112 valence electrons. The zero-order chi connectivity index (χ0) is 15.2. The highest BCUT2D eigenvalue weighted by molar-refractivity contribution is 5.60. The van der Waals surface area contributed by atoms with E-state index >= 15 is 0 Å². The van der Waals surface area contributed by atoms with Crippen molar-refractivity contribution in [2.45, 2.75) is 33.2 Å². The summed E-state index contributed by atoms with van der Waals surface area (Å²) in [5, 5.41) is 6.65. The van der Waals surface area contributed by atoms with Crippen LogP contribution in [0.5, 0.6) is 5.75 Å². The Kier molecular flexibility index (Phi) is 4.98. The van der Waals surface area contributed by atoms with Gasteiger partial charge in [0.05, 0.1) is 7.11 Å². The van der Waals surface area contributed by atoms with Gasteiger partial charge in [-0.2, -0.15) is 0 Å². The predicted molar refractivity (Wildman–Crippen MR) is 86.4 cm³/mol. The average molecular weight is 286 g/mol. The lowest BCUT2D eigenvalue weighted by atomic mass is 10.2. The Morgan fingerprint density at radius 1 is 1.14 bits per heavy atom. The number of ether oxygens (including phenoxy) is 1. The highest BCUT2D eigenvalue weighted by atomic mass is 16.5. The number of aromatic nitrogens is 2. The molecule has 0 amide bonds. The van der Waals surface area contributed by atoms with Gasteiger partial charge in [-0.3, -0.25) is 0 Å². The molecule has 0 spiro atoms. The molecule has 2 rings (SSSR count). The van der Waals surface area contributed by atoms with Gasteiger partial charge in [-0.15, -0.1) is 0 Å². The van der Waals surface area contributed by atoms with Gasteiger partial charge in [0, 0.05) is 17.8 Å². The van der Waals surface area contributed by atoms with Crippen LogP contribution in [0.15, 0.2) is 30.3 Å². The maximum Gasteiger partial charge on any atom is 0.136 e. The Bertz CT molecular complexity index is 583. The van der Waals surface area contributed by atoms with Crippen molar-refractivity contribution in [3.63, 3.8) is 0 Å². The first kappa shape index (κ1) is 15.1. The zero-order valence-electron chi connectivity index (χ0n) is 13.0. The molecule has 0 fully saturated rings. The first-order chi connectivity index (χ1) is 10.1. The topological polar surface area (TPSA) is 59.1 Å². The number of nitrogens with zero attached hydrogens (tertiary/aromatic N) is 2. The maximum atomic E-state index is 5.15. The van der Waals surface area contributed by atoms with E-state index in [1.807, 2.05) is 37.3 Å². The molecule has 0 radical (unpaired) electrons. The van der Waals surface area contributed by atoms with Crippen LogP contribution in [0.25, 0.3) is 0 Å². The molecule has 5 heteroatoms. The second-order valence-electron chi connectivity index (χ2n) is 4.99. The lowest BCUT2D eigenvalue weighted by Gasteiger charge is -2.14. The minimum atomic E-state index is 0.383. The lowest BCUT2D eigenvalue weighted by molar-refractivity contribution is 0.415. The predicted octanol–water partition coefficient (Wildman–Crippen LogP) is 3.75. The van der Waals surface area contributed by atoms with Crippen molar-refractivity contribution in [1.82, 2.24) is 9.97 Å². The fraction of sp³-hybridized carbons (Fsp3) is 0.375. The number of rotatable bonds is 6. The molecule has 0 aliphatic carbocycles. The average Bonchev–Trinajstić information content (AvgIpc) is 2.47. The number of methoxy groups -OCH3 is 1. The number of benzene rings is 1. The minimum absolute atomic E-state index is 0.383. The molecule has 2 aromatic rings. The largest absolute Gasteiger partial charge is 0.497 e. The van der Waals surface area contributed by atoms with E-state index in [9.17, 15) is 0 Å². The Morgan fingerprint density at radius 3 is 2.43 bits per heavy atom. The molecule has 0 bridgehead atoms. The summed E-state index contributed by atoms with van der Waals surface area (Å²) in [5.41, 5.74) is 0.961. The molecular formula is C16H22N4O.